The van der Waals surface area contributed by atoms with Crippen LogP contribution in [0.15, 0.2) is 58.1 Å². The molecule has 3 aromatic rings. The summed E-state index contributed by atoms with van der Waals surface area (Å²) >= 11 is 0. The van der Waals surface area contributed by atoms with Gasteiger partial charge in [-0.15, -0.1) is 0 Å². The molecule has 27 heavy (non-hydrogen) atoms. The number of nitrogens with zero attached hydrogens (tertiary/aromatic N) is 5. The van der Waals surface area contributed by atoms with E-state index in [0.29, 0.717) is 24.8 Å². The van der Waals surface area contributed by atoms with Crippen LogP contribution >= 0.6 is 0 Å². The van der Waals surface area contributed by atoms with E-state index in [9.17, 15) is 9.59 Å². The molecule has 1 aliphatic heterocycles. The van der Waals surface area contributed by atoms with Gasteiger partial charge in [0.15, 0.2) is 0 Å². The number of carbonyl (C=O) groups is 1. The van der Waals surface area contributed by atoms with Crippen LogP contribution in [-0.2, 0) is 11.3 Å². The lowest BCUT2D eigenvalue weighted by Crippen LogP contribution is -2.41. The zero-order valence-corrected chi connectivity index (χ0v) is 14.7. The molecule has 0 N–H and O–H groups in total. The number of carbonyl (C=O) groups excluding carboxylic acids is 1. The Hall–Kier alpha value is -3.29. The fraction of sp³-hybridized carbons (Fsp3) is 0.316. The van der Waals surface area contributed by atoms with Gasteiger partial charge in [0.2, 0.25) is 17.6 Å². The number of hydrogen-bond acceptors (Lipinski definition) is 6. The van der Waals surface area contributed by atoms with Crippen molar-refractivity contribution in [1.82, 2.24) is 24.6 Å². The van der Waals surface area contributed by atoms with Crippen LogP contribution in [0.1, 0.15) is 24.7 Å². The molecule has 0 saturated carbocycles. The fourth-order valence-corrected chi connectivity index (χ4v) is 3.23. The summed E-state index contributed by atoms with van der Waals surface area (Å²) in [5.74, 6) is 1.25. The van der Waals surface area contributed by atoms with Gasteiger partial charge in [-0.3, -0.25) is 9.36 Å². The highest BCUT2D eigenvalue weighted by molar-refractivity contribution is 5.76. The zero-order valence-electron chi connectivity index (χ0n) is 14.7. The number of benzene rings is 1. The first kappa shape index (κ1) is 17.1. The van der Waals surface area contributed by atoms with Gasteiger partial charge in [-0.1, -0.05) is 35.5 Å². The molecule has 0 atom stereocenters. The number of piperidine rings is 1. The molecule has 1 saturated heterocycles. The predicted octanol–water partition coefficient (Wildman–Crippen LogP) is 1.70. The number of hydrogen-bond donors (Lipinski definition) is 0. The van der Waals surface area contributed by atoms with E-state index in [1.807, 2.05) is 30.3 Å². The molecule has 0 aliphatic carbocycles. The van der Waals surface area contributed by atoms with E-state index in [1.165, 1.54) is 10.8 Å². The highest BCUT2D eigenvalue weighted by Gasteiger charge is 2.27. The topological polar surface area (TPSA) is 94.1 Å². The smallest absolute Gasteiger partial charge is 0.341 e. The van der Waals surface area contributed by atoms with Gasteiger partial charge in [-0.05, 0) is 18.9 Å². The summed E-state index contributed by atoms with van der Waals surface area (Å²) in [6.07, 6.45) is 4.50. The van der Waals surface area contributed by atoms with Crippen molar-refractivity contribution in [3.8, 4) is 11.4 Å². The Morgan fingerprint density at radius 3 is 2.67 bits per heavy atom. The summed E-state index contributed by atoms with van der Waals surface area (Å²) in [7, 11) is 0. The van der Waals surface area contributed by atoms with Crippen molar-refractivity contribution in [2.45, 2.75) is 25.3 Å². The molecule has 0 bridgehead atoms. The average molecular weight is 365 g/mol. The van der Waals surface area contributed by atoms with Crippen molar-refractivity contribution >= 4 is 5.91 Å². The lowest BCUT2D eigenvalue weighted by molar-refractivity contribution is -0.133. The van der Waals surface area contributed by atoms with Crippen molar-refractivity contribution in [3.63, 3.8) is 0 Å². The monoisotopic (exact) mass is 365 g/mol. The van der Waals surface area contributed by atoms with E-state index in [2.05, 4.69) is 15.1 Å². The van der Waals surface area contributed by atoms with E-state index in [1.54, 1.807) is 17.2 Å². The van der Waals surface area contributed by atoms with Gasteiger partial charge in [0.1, 0.15) is 6.54 Å². The van der Waals surface area contributed by atoms with Crippen LogP contribution in [0.5, 0.6) is 0 Å². The quantitative estimate of drug-likeness (QED) is 0.698. The first-order chi connectivity index (χ1) is 13.2. The minimum absolute atomic E-state index is 0.00997. The molecule has 0 unspecified atom stereocenters. The Morgan fingerprint density at radius 2 is 1.93 bits per heavy atom. The minimum Gasteiger partial charge on any atom is -0.341 e. The van der Waals surface area contributed by atoms with Crippen molar-refractivity contribution in [2.75, 3.05) is 13.1 Å². The Labute approximate surface area is 155 Å². The second-order valence-electron chi connectivity index (χ2n) is 6.51. The lowest BCUT2D eigenvalue weighted by atomic mass is 9.96. The molecule has 8 heteroatoms. The maximum Gasteiger partial charge on any atom is 0.347 e. The summed E-state index contributed by atoms with van der Waals surface area (Å²) in [4.78, 5) is 34.0. The fourth-order valence-electron chi connectivity index (χ4n) is 3.23. The third kappa shape index (κ3) is 3.79. The number of amides is 1. The van der Waals surface area contributed by atoms with E-state index < -0.39 is 5.69 Å². The second-order valence-corrected chi connectivity index (χ2v) is 6.51. The SMILES string of the molecule is O=C(Cn1cccnc1=O)N1CCC(c2nc(-c3ccccc3)no2)CC1. The molecular weight excluding hydrogens is 346 g/mol. The molecule has 0 radical (unpaired) electrons. The van der Waals surface area contributed by atoms with Gasteiger partial charge < -0.3 is 9.42 Å². The summed E-state index contributed by atoms with van der Waals surface area (Å²) < 4.78 is 6.77. The maximum atomic E-state index is 12.4. The predicted molar refractivity (Wildman–Crippen MR) is 96.8 cm³/mol. The van der Waals surface area contributed by atoms with Gasteiger partial charge in [0.05, 0.1) is 0 Å². The Morgan fingerprint density at radius 1 is 1.15 bits per heavy atom. The molecule has 8 nitrogen and oxygen atoms in total. The number of aromatic nitrogens is 4. The van der Waals surface area contributed by atoms with Crippen LogP contribution in [0, 0.1) is 0 Å². The Bertz CT molecular complexity index is 974. The van der Waals surface area contributed by atoms with E-state index >= 15 is 0 Å². The zero-order chi connectivity index (χ0) is 18.6. The lowest BCUT2D eigenvalue weighted by Gasteiger charge is -2.30. The van der Waals surface area contributed by atoms with Crippen LogP contribution < -0.4 is 5.69 Å². The van der Waals surface area contributed by atoms with Crippen LogP contribution in [-0.4, -0.2) is 43.6 Å². The normalized spacial score (nSPS) is 15.0. The highest BCUT2D eigenvalue weighted by Crippen LogP contribution is 2.28. The molecule has 1 aromatic carbocycles. The highest BCUT2D eigenvalue weighted by atomic mass is 16.5. The molecule has 1 aliphatic rings. The number of rotatable bonds is 4. The van der Waals surface area contributed by atoms with Crippen LogP contribution in [0.2, 0.25) is 0 Å². The molecule has 4 rings (SSSR count). The van der Waals surface area contributed by atoms with Crippen molar-refractivity contribution in [1.29, 1.82) is 0 Å². The van der Waals surface area contributed by atoms with E-state index in [0.717, 1.165) is 18.4 Å². The third-order valence-corrected chi connectivity index (χ3v) is 4.76. The summed E-state index contributed by atoms with van der Waals surface area (Å²) in [6, 6.07) is 11.3. The van der Waals surface area contributed by atoms with Gasteiger partial charge in [-0.2, -0.15) is 4.98 Å². The summed E-state index contributed by atoms with van der Waals surface area (Å²) in [5.41, 5.74) is 0.502. The average Bonchev–Trinajstić information content (AvgIpc) is 3.21. The maximum absolute atomic E-state index is 12.4. The standard InChI is InChI=1S/C19H19N5O3/c25-16(13-24-10-4-9-20-19(24)26)23-11-7-15(8-12-23)18-21-17(22-27-18)14-5-2-1-3-6-14/h1-6,9-10,15H,7-8,11-13H2. The van der Waals surface area contributed by atoms with Crippen LogP contribution in [0.4, 0.5) is 0 Å². The van der Waals surface area contributed by atoms with E-state index in [-0.39, 0.29) is 18.4 Å². The van der Waals surface area contributed by atoms with Gasteiger partial charge in [0, 0.05) is 37.0 Å². The third-order valence-electron chi connectivity index (χ3n) is 4.76. The van der Waals surface area contributed by atoms with Crippen LogP contribution in [0.3, 0.4) is 0 Å². The molecule has 2 aromatic heterocycles. The largest absolute Gasteiger partial charge is 0.347 e. The molecule has 3 heterocycles. The van der Waals surface area contributed by atoms with Gasteiger partial charge in [0.25, 0.3) is 0 Å². The summed E-state index contributed by atoms with van der Waals surface area (Å²) in [6.45, 7) is 1.21. The van der Waals surface area contributed by atoms with Crippen LogP contribution in [0.25, 0.3) is 11.4 Å². The Balaban J connectivity index is 1.36. The molecule has 1 fully saturated rings. The molecular formula is C19H19N5O3. The van der Waals surface area contributed by atoms with Gasteiger partial charge in [-0.25, -0.2) is 9.78 Å². The minimum atomic E-state index is -0.417. The first-order valence-electron chi connectivity index (χ1n) is 8.89. The molecule has 1 amide bonds. The first-order valence-corrected chi connectivity index (χ1v) is 8.89. The number of likely N-dealkylation sites (tertiary alicyclic amines) is 1. The molecule has 0 spiro atoms. The Kier molecular flexibility index (Phi) is 4.78. The second kappa shape index (κ2) is 7.53. The van der Waals surface area contributed by atoms with Crippen molar-refractivity contribution in [2.24, 2.45) is 0 Å². The summed E-state index contributed by atoms with van der Waals surface area (Å²) in [5, 5.41) is 4.07. The van der Waals surface area contributed by atoms with E-state index in [4.69, 9.17) is 4.52 Å². The molecule has 138 valence electrons. The van der Waals surface area contributed by atoms with Crippen molar-refractivity contribution in [3.05, 3.63) is 65.2 Å². The van der Waals surface area contributed by atoms with Crippen molar-refractivity contribution < 1.29 is 9.32 Å². The van der Waals surface area contributed by atoms with Gasteiger partial charge >= 0.3 is 5.69 Å².